The van der Waals surface area contributed by atoms with E-state index in [1.54, 1.807) is 12.4 Å². The van der Waals surface area contributed by atoms with E-state index in [0.29, 0.717) is 38.4 Å². The van der Waals surface area contributed by atoms with Gasteiger partial charge in [-0.2, -0.15) is 13.2 Å². The third kappa shape index (κ3) is 5.99. The van der Waals surface area contributed by atoms with Crippen LogP contribution in [0.3, 0.4) is 0 Å². The minimum Gasteiger partial charge on any atom is -0.368 e. The van der Waals surface area contributed by atoms with Gasteiger partial charge in [0, 0.05) is 45.0 Å². The van der Waals surface area contributed by atoms with Crippen LogP contribution in [0.5, 0.6) is 0 Å². The Labute approximate surface area is 191 Å². The van der Waals surface area contributed by atoms with Crippen LogP contribution >= 0.6 is 24.0 Å². The highest BCUT2D eigenvalue weighted by Gasteiger charge is 2.31. The first-order valence-electron chi connectivity index (χ1n) is 9.74. The number of piperazine rings is 1. The van der Waals surface area contributed by atoms with Crippen molar-refractivity contribution in [3.05, 3.63) is 42.0 Å². The quantitative estimate of drug-likeness (QED) is 0.361. The molecule has 1 N–H and O–H groups in total. The summed E-state index contributed by atoms with van der Waals surface area (Å²) in [5.41, 5.74) is -0.0233. The van der Waals surface area contributed by atoms with E-state index in [1.165, 1.54) is 12.1 Å². The lowest BCUT2D eigenvalue weighted by atomic mass is 10.1. The Morgan fingerprint density at radius 1 is 1.17 bits per heavy atom. The summed E-state index contributed by atoms with van der Waals surface area (Å²) in [6.07, 6.45) is -2.65. The molecule has 0 radical (unpaired) electrons. The molecule has 0 spiro atoms. The molecular formula is C19H27F3IN7. The lowest BCUT2D eigenvalue weighted by Crippen LogP contribution is -2.52. The highest BCUT2D eigenvalue weighted by atomic mass is 127. The fourth-order valence-corrected chi connectivity index (χ4v) is 3.29. The zero-order valence-electron chi connectivity index (χ0n) is 17.1. The predicted molar refractivity (Wildman–Crippen MR) is 121 cm³/mol. The lowest BCUT2D eigenvalue weighted by Gasteiger charge is -2.37. The number of anilines is 1. The smallest absolute Gasteiger partial charge is 0.368 e. The summed E-state index contributed by atoms with van der Waals surface area (Å²) in [5.74, 6) is 1.58. The molecule has 1 aromatic carbocycles. The summed E-state index contributed by atoms with van der Waals surface area (Å²) in [6.45, 7) is 8.54. The summed E-state index contributed by atoms with van der Waals surface area (Å²) in [4.78, 5) is 8.77. The van der Waals surface area contributed by atoms with Gasteiger partial charge in [-0.25, -0.2) is 4.99 Å². The Balaban J connectivity index is 0.00000320. The van der Waals surface area contributed by atoms with Gasteiger partial charge in [0.1, 0.15) is 12.9 Å². The molecule has 166 valence electrons. The number of guanidine groups is 1. The maximum absolute atomic E-state index is 13.0. The van der Waals surface area contributed by atoms with E-state index in [4.69, 9.17) is 0 Å². The summed E-state index contributed by atoms with van der Waals surface area (Å²) >= 11 is 0. The Morgan fingerprint density at radius 3 is 2.53 bits per heavy atom. The van der Waals surface area contributed by atoms with E-state index in [1.807, 2.05) is 23.3 Å². The molecule has 1 aromatic heterocycles. The van der Waals surface area contributed by atoms with Crippen molar-refractivity contribution < 1.29 is 13.2 Å². The van der Waals surface area contributed by atoms with Crippen molar-refractivity contribution in [2.24, 2.45) is 4.99 Å². The van der Waals surface area contributed by atoms with Crippen molar-refractivity contribution in [1.29, 1.82) is 0 Å². The second-order valence-electron chi connectivity index (χ2n) is 6.73. The molecular weight excluding hydrogens is 510 g/mol. The zero-order chi connectivity index (χ0) is 20.9. The SMILES string of the molecule is CCNC(=NCc1nncn1CC)N1CCN(c2cccc(C(F)(F)F)c2)CC1.I. The lowest BCUT2D eigenvalue weighted by molar-refractivity contribution is -0.137. The Bertz CT molecular complexity index is 830. The molecule has 3 rings (SSSR count). The molecule has 1 fully saturated rings. The van der Waals surface area contributed by atoms with Gasteiger partial charge in [0.25, 0.3) is 0 Å². The highest BCUT2D eigenvalue weighted by molar-refractivity contribution is 14.0. The highest BCUT2D eigenvalue weighted by Crippen LogP contribution is 2.31. The normalized spacial score (nSPS) is 15.2. The standard InChI is InChI=1S/C19H26F3N7.HI/c1-3-23-18(24-13-17-26-25-14-27(17)4-2)29-10-8-28(9-11-29)16-7-5-6-15(12-16)19(20,21)22;/h5-7,12,14H,3-4,8-11,13H2,1-2H3,(H,23,24);1H. The number of halogens is 4. The molecule has 0 amide bonds. The van der Waals surface area contributed by atoms with Crippen molar-refractivity contribution in [2.75, 3.05) is 37.6 Å². The molecule has 0 bridgehead atoms. The van der Waals surface area contributed by atoms with Gasteiger partial charge in [-0.3, -0.25) is 0 Å². The molecule has 30 heavy (non-hydrogen) atoms. The molecule has 0 unspecified atom stereocenters. The van der Waals surface area contributed by atoms with Crippen LogP contribution in [0.15, 0.2) is 35.6 Å². The minimum atomic E-state index is -4.33. The maximum Gasteiger partial charge on any atom is 0.416 e. The van der Waals surface area contributed by atoms with Gasteiger partial charge >= 0.3 is 6.18 Å². The Hall–Kier alpha value is -2.05. The van der Waals surface area contributed by atoms with Crippen LogP contribution in [0.2, 0.25) is 0 Å². The third-order valence-electron chi connectivity index (χ3n) is 4.86. The molecule has 2 heterocycles. The van der Waals surface area contributed by atoms with Crippen molar-refractivity contribution in [2.45, 2.75) is 33.1 Å². The summed E-state index contributed by atoms with van der Waals surface area (Å²) in [5, 5.41) is 11.3. The number of nitrogens with zero attached hydrogens (tertiary/aromatic N) is 6. The summed E-state index contributed by atoms with van der Waals surface area (Å²) in [6, 6.07) is 5.50. The Kier molecular flexibility index (Phi) is 8.74. The number of nitrogens with one attached hydrogen (secondary N) is 1. The molecule has 11 heteroatoms. The van der Waals surface area contributed by atoms with E-state index in [-0.39, 0.29) is 24.0 Å². The fourth-order valence-electron chi connectivity index (χ4n) is 3.29. The van der Waals surface area contributed by atoms with E-state index in [0.717, 1.165) is 30.9 Å². The van der Waals surface area contributed by atoms with Gasteiger partial charge in [-0.05, 0) is 32.0 Å². The molecule has 1 aliphatic rings. The summed E-state index contributed by atoms with van der Waals surface area (Å²) < 4.78 is 40.9. The molecule has 7 nitrogen and oxygen atoms in total. The van der Waals surface area contributed by atoms with Crippen molar-refractivity contribution in [3.63, 3.8) is 0 Å². The molecule has 1 aliphatic heterocycles. The van der Waals surface area contributed by atoms with Crippen LogP contribution in [0.25, 0.3) is 0 Å². The first-order chi connectivity index (χ1) is 13.9. The number of aryl methyl sites for hydroxylation is 1. The molecule has 2 aromatic rings. The van der Waals surface area contributed by atoms with Gasteiger partial charge in [-0.1, -0.05) is 6.07 Å². The van der Waals surface area contributed by atoms with Crippen molar-refractivity contribution in [1.82, 2.24) is 25.0 Å². The van der Waals surface area contributed by atoms with Crippen LogP contribution in [-0.4, -0.2) is 58.3 Å². The Morgan fingerprint density at radius 2 is 1.90 bits per heavy atom. The zero-order valence-corrected chi connectivity index (χ0v) is 19.4. The number of alkyl halides is 3. The molecule has 0 saturated carbocycles. The second kappa shape index (κ2) is 10.8. The van der Waals surface area contributed by atoms with Crippen LogP contribution in [0.4, 0.5) is 18.9 Å². The van der Waals surface area contributed by atoms with E-state index >= 15 is 0 Å². The number of aliphatic imine (C=N–C) groups is 1. The van der Waals surface area contributed by atoms with Gasteiger partial charge < -0.3 is 19.7 Å². The fraction of sp³-hybridized carbons (Fsp3) is 0.526. The average Bonchev–Trinajstić information content (AvgIpc) is 3.18. The topological polar surface area (TPSA) is 61.6 Å². The average molecular weight is 537 g/mol. The van der Waals surface area contributed by atoms with Gasteiger partial charge in [0.2, 0.25) is 0 Å². The molecule has 1 saturated heterocycles. The largest absolute Gasteiger partial charge is 0.416 e. The van der Waals surface area contributed by atoms with Gasteiger partial charge in [0.15, 0.2) is 11.8 Å². The second-order valence-corrected chi connectivity index (χ2v) is 6.73. The number of hydrogen-bond donors (Lipinski definition) is 1. The predicted octanol–water partition coefficient (Wildman–Crippen LogP) is 3.22. The van der Waals surface area contributed by atoms with Gasteiger partial charge in [-0.15, -0.1) is 34.2 Å². The van der Waals surface area contributed by atoms with Crippen LogP contribution < -0.4 is 10.2 Å². The maximum atomic E-state index is 13.0. The number of hydrogen-bond acceptors (Lipinski definition) is 4. The first-order valence-corrected chi connectivity index (χ1v) is 9.74. The van der Waals surface area contributed by atoms with Crippen LogP contribution in [0, 0.1) is 0 Å². The van der Waals surface area contributed by atoms with Gasteiger partial charge in [0.05, 0.1) is 5.56 Å². The van der Waals surface area contributed by atoms with E-state index in [9.17, 15) is 13.2 Å². The minimum absolute atomic E-state index is 0. The van der Waals surface area contributed by atoms with E-state index in [2.05, 4.69) is 25.4 Å². The third-order valence-corrected chi connectivity index (χ3v) is 4.86. The summed E-state index contributed by atoms with van der Waals surface area (Å²) in [7, 11) is 0. The number of rotatable bonds is 5. The van der Waals surface area contributed by atoms with E-state index < -0.39 is 11.7 Å². The van der Waals surface area contributed by atoms with Crippen LogP contribution in [-0.2, 0) is 19.3 Å². The van der Waals surface area contributed by atoms with Crippen molar-refractivity contribution >= 4 is 35.6 Å². The monoisotopic (exact) mass is 537 g/mol. The molecule has 0 aliphatic carbocycles. The van der Waals surface area contributed by atoms with Crippen LogP contribution in [0.1, 0.15) is 25.2 Å². The number of aromatic nitrogens is 3. The molecule has 0 atom stereocenters. The number of benzene rings is 1. The first kappa shape index (κ1) is 24.2. The van der Waals surface area contributed by atoms with Crippen molar-refractivity contribution in [3.8, 4) is 0 Å².